The Labute approximate surface area is 168 Å². The van der Waals surface area contributed by atoms with Gasteiger partial charge in [-0.2, -0.15) is 0 Å². The second kappa shape index (κ2) is 8.54. The zero-order valence-corrected chi connectivity index (χ0v) is 17.6. The van der Waals surface area contributed by atoms with Gasteiger partial charge in [0.15, 0.2) is 9.84 Å². The molecule has 1 aromatic heterocycles. The van der Waals surface area contributed by atoms with Crippen molar-refractivity contribution in [2.45, 2.75) is 31.2 Å². The van der Waals surface area contributed by atoms with E-state index in [4.69, 9.17) is 0 Å². The van der Waals surface area contributed by atoms with Gasteiger partial charge >= 0.3 is 0 Å². The van der Waals surface area contributed by atoms with Gasteiger partial charge in [-0.05, 0) is 44.8 Å². The van der Waals surface area contributed by atoms with E-state index < -0.39 is 14.8 Å². The number of anilines is 1. The molecule has 0 bridgehead atoms. The molecule has 1 fully saturated rings. The summed E-state index contributed by atoms with van der Waals surface area (Å²) in [5.74, 6) is 0.427. The van der Waals surface area contributed by atoms with Gasteiger partial charge in [0.1, 0.15) is 0 Å². The maximum atomic E-state index is 12.0. The number of aromatic nitrogens is 1. The second-order valence-electron chi connectivity index (χ2n) is 7.17. The smallest absolute Gasteiger partial charge is 0.270 e. The molecule has 0 aliphatic carbocycles. The van der Waals surface area contributed by atoms with Crippen LogP contribution in [0.5, 0.6) is 0 Å². The van der Waals surface area contributed by atoms with Crippen molar-refractivity contribution in [1.29, 1.82) is 0 Å². The molecule has 1 aliphatic rings. The summed E-state index contributed by atoms with van der Waals surface area (Å²) in [6, 6.07) is 3.93. The SMILES string of the molecule is Cc1nc(CN2CCC(CNc3ccc([N+](=O)[O-])cc3S(C)(=O)=O)CC2)cs1. The molecule has 0 radical (unpaired) electrons. The molecule has 1 N–H and O–H groups in total. The van der Waals surface area contributed by atoms with Crippen LogP contribution in [0.2, 0.25) is 0 Å². The summed E-state index contributed by atoms with van der Waals surface area (Å²) in [5.41, 5.74) is 1.31. The highest BCUT2D eigenvalue weighted by Gasteiger charge is 2.22. The number of sulfone groups is 1. The fraction of sp³-hybridized carbons (Fsp3) is 0.500. The average molecular weight is 425 g/mol. The van der Waals surface area contributed by atoms with Crippen molar-refractivity contribution in [2.24, 2.45) is 5.92 Å². The first-order valence-corrected chi connectivity index (χ1v) is 11.8. The molecular weight excluding hydrogens is 400 g/mol. The van der Waals surface area contributed by atoms with Crippen LogP contribution in [0.15, 0.2) is 28.5 Å². The van der Waals surface area contributed by atoms with Crippen LogP contribution in [0, 0.1) is 23.0 Å². The fourth-order valence-corrected chi connectivity index (χ4v) is 4.87. The molecule has 28 heavy (non-hydrogen) atoms. The van der Waals surface area contributed by atoms with E-state index in [-0.39, 0.29) is 10.6 Å². The van der Waals surface area contributed by atoms with Crippen molar-refractivity contribution in [3.63, 3.8) is 0 Å². The number of aryl methyl sites for hydroxylation is 1. The van der Waals surface area contributed by atoms with Gasteiger partial charge in [-0.15, -0.1) is 11.3 Å². The number of piperidine rings is 1. The first-order valence-electron chi connectivity index (χ1n) is 9.08. The molecule has 10 heteroatoms. The quantitative estimate of drug-likeness (QED) is 0.538. The Kier molecular flexibility index (Phi) is 6.31. The Bertz CT molecular complexity index is 950. The highest BCUT2D eigenvalue weighted by Crippen LogP contribution is 2.28. The van der Waals surface area contributed by atoms with E-state index in [1.807, 2.05) is 6.92 Å². The van der Waals surface area contributed by atoms with Crippen LogP contribution in [0.3, 0.4) is 0 Å². The molecule has 152 valence electrons. The van der Waals surface area contributed by atoms with E-state index in [1.54, 1.807) is 11.3 Å². The number of hydrogen-bond acceptors (Lipinski definition) is 8. The standard InChI is InChI=1S/C18H24N4O4S2/c1-13-20-15(12-27-13)11-21-7-5-14(6-8-21)10-19-17-4-3-16(22(23)24)9-18(17)28(2,25)26/h3-4,9,12,14,19H,5-8,10-11H2,1-2H3. The van der Waals surface area contributed by atoms with Gasteiger partial charge in [0.2, 0.25) is 0 Å². The summed E-state index contributed by atoms with van der Waals surface area (Å²) in [6.45, 7) is 5.47. The lowest BCUT2D eigenvalue weighted by Gasteiger charge is -2.31. The lowest BCUT2D eigenvalue weighted by atomic mass is 9.96. The molecule has 8 nitrogen and oxygen atoms in total. The van der Waals surface area contributed by atoms with Gasteiger partial charge in [-0.25, -0.2) is 13.4 Å². The van der Waals surface area contributed by atoms with E-state index >= 15 is 0 Å². The number of hydrogen-bond donors (Lipinski definition) is 1. The lowest BCUT2D eigenvalue weighted by molar-refractivity contribution is -0.385. The van der Waals surface area contributed by atoms with Crippen molar-refractivity contribution in [2.75, 3.05) is 31.2 Å². The molecule has 0 spiro atoms. The molecule has 2 heterocycles. The fourth-order valence-electron chi connectivity index (χ4n) is 3.39. The summed E-state index contributed by atoms with van der Waals surface area (Å²) in [4.78, 5) is 17.2. The predicted octanol–water partition coefficient (Wildman–Crippen LogP) is 3.09. The van der Waals surface area contributed by atoms with E-state index in [0.29, 0.717) is 18.2 Å². The minimum absolute atomic E-state index is 0.0296. The minimum Gasteiger partial charge on any atom is -0.384 e. The van der Waals surface area contributed by atoms with Gasteiger partial charge in [0, 0.05) is 36.9 Å². The van der Waals surface area contributed by atoms with Gasteiger partial charge in [0.05, 0.1) is 26.2 Å². The van der Waals surface area contributed by atoms with Crippen LogP contribution in [-0.4, -0.2) is 49.1 Å². The van der Waals surface area contributed by atoms with E-state index in [9.17, 15) is 18.5 Å². The zero-order chi connectivity index (χ0) is 20.3. The number of nitrogens with one attached hydrogen (secondary N) is 1. The third kappa shape index (κ3) is 5.27. The summed E-state index contributed by atoms with van der Waals surface area (Å²) >= 11 is 1.67. The molecular formula is C18H24N4O4S2. The largest absolute Gasteiger partial charge is 0.384 e. The number of nitrogens with zero attached hydrogens (tertiary/aromatic N) is 3. The maximum Gasteiger partial charge on any atom is 0.270 e. The Balaban J connectivity index is 1.57. The highest BCUT2D eigenvalue weighted by atomic mass is 32.2. The Morgan fingerprint density at radius 3 is 2.64 bits per heavy atom. The predicted molar refractivity (Wildman–Crippen MR) is 110 cm³/mol. The Hall–Kier alpha value is -2.04. The number of thiazole rings is 1. The van der Waals surface area contributed by atoms with Crippen LogP contribution in [-0.2, 0) is 16.4 Å². The molecule has 0 atom stereocenters. The average Bonchev–Trinajstić information content (AvgIpc) is 3.05. The molecule has 1 saturated heterocycles. The Morgan fingerprint density at radius 2 is 2.07 bits per heavy atom. The monoisotopic (exact) mass is 424 g/mol. The minimum atomic E-state index is -3.56. The normalized spacial score (nSPS) is 16.2. The number of likely N-dealkylation sites (tertiary alicyclic amines) is 1. The molecule has 2 aromatic rings. The number of non-ortho nitro benzene ring substituents is 1. The van der Waals surface area contributed by atoms with E-state index in [1.165, 1.54) is 12.1 Å². The lowest BCUT2D eigenvalue weighted by Crippen LogP contribution is -2.35. The highest BCUT2D eigenvalue weighted by molar-refractivity contribution is 7.90. The molecule has 0 saturated carbocycles. The number of rotatable bonds is 7. The van der Waals surface area contributed by atoms with Gasteiger partial charge < -0.3 is 5.32 Å². The van der Waals surface area contributed by atoms with E-state index in [0.717, 1.165) is 55.5 Å². The summed E-state index contributed by atoms with van der Waals surface area (Å²) in [6.07, 6.45) is 3.09. The van der Waals surface area contributed by atoms with Crippen molar-refractivity contribution < 1.29 is 13.3 Å². The van der Waals surface area contributed by atoms with E-state index in [2.05, 4.69) is 20.6 Å². The van der Waals surface area contributed by atoms with Crippen molar-refractivity contribution >= 4 is 32.5 Å². The molecule has 0 amide bonds. The van der Waals surface area contributed by atoms with Crippen LogP contribution in [0.4, 0.5) is 11.4 Å². The van der Waals surface area contributed by atoms with Crippen LogP contribution < -0.4 is 5.32 Å². The summed E-state index contributed by atoms with van der Waals surface area (Å²) in [7, 11) is -3.56. The molecule has 3 rings (SSSR count). The first-order chi connectivity index (χ1) is 13.2. The van der Waals surface area contributed by atoms with Crippen molar-refractivity contribution in [3.05, 3.63) is 44.4 Å². The topological polar surface area (TPSA) is 105 Å². The number of nitro groups is 1. The Morgan fingerprint density at radius 1 is 1.36 bits per heavy atom. The third-order valence-electron chi connectivity index (χ3n) is 4.92. The summed E-state index contributed by atoms with van der Waals surface area (Å²) in [5, 5.41) is 17.3. The first kappa shape index (κ1) is 20.7. The second-order valence-corrected chi connectivity index (χ2v) is 10.2. The van der Waals surface area contributed by atoms with Crippen LogP contribution >= 0.6 is 11.3 Å². The van der Waals surface area contributed by atoms with Gasteiger partial charge in [-0.3, -0.25) is 15.0 Å². The number of benzene rings is 1. The summed E-state index contributed by atoms with van der Waals surface area (Å²) < 4.78 is 24.0. The third-order valence-corrected chi connectivity index (χ3v) is 6.88. The van der Waals surface area contributed by atoms with Crippen LogP contribution in [0.1, 0.15) is 23.5 Å². The van der Waals surface area contributed by atoms with Crippen LogP contribution in [0.25, 0.3) is 0 Å². The van der Waals surface area contributed by atoms with Crippen molar-refractivity contribution in [3.8, 4) is 0 Å². The molecule has 1 aliphatic heterocycles. The van der Waals surface area contributed by atoms with Crippen molar-refractivity contribution in [1.82, 2.24) is 9.88 Å². The molecule has 1 aromatic carbocycles. The maximum absolute atomic E-state index is 12.0. The number of nitro benzene ring substituents is 1. The van der Waals surface area contributed by atoms with Gasteiger partial charge in [-0.1, -0.05) is 0 Å². The molecule has 0 unspecified atom stereocenters. The van der Waals surface area contributed by atoms with Gasteiger partial charge in [0.25, 0.3) is 5.69 Å². The zero-order valence-electron chi connectivity index (χ0n) is 15.9.